The summed E-state index contributed by atoms with van der Waals surface area (Å²) in [5.41, 5.74) is 0.564. The van der Waals surface area contributed by atoms with Crippen LogP contribution in [0.3, 0.4) is 0 Å². The molecule has 4 heteroatoms. The lowest BCUT2D eigenvalue weighted by Crippen LogP contribution is -3.24. The Kier molecular flexibility index (Phi) is 5.07. The first kappa shape index (κ1) is 17.0. The van der Waals surface area contributed by atoms with Crippen molar-refractivity contribution in [1.29, 1.82) is 0 Å². The SMILES string of the molecule is O=C(NC1C[C@H]2CCC[C@H](C1)[NH+]2C1CCCCC1)c1ccc(F)cc1. The molecule has 1 saturated carbocycles. The van der Waals surface area contributed by atoms with Crippen LogP contribution in [-0.4, -0.2) is 30.1 Å². The van der Waals surface area contributed by atoms with E-state index in [2.05, 4.69) is 5.32 Å². The van der Waals surface area contributed by atoms with Gasteiger partial charge in [0.05, 0.1) is 18.1 Å². The van der Waals surface area contributed by atoms with Gasteiger partial charge in [-0.05, 0) is 69.2 Å². The van der Waals surface area contributed by atoms with Crippen LogP contribution in [0.15, 0.2) is 24.3 Å². The molecule has 1 aliphatic carbocycles. The smallest absolute Gasteiger partial charge is 0.251 e. The number of amides is 1. The van der Waals surface area contributed by atoms with Crippen molar-refractivity contribution < 1.29 is 14.1 Å². The fraction of sp³-hybridized carbons (Fsp3) is 0.667. The molecule has 1 aromatic rings. The lowest BCUT2D eigenvalue weighted by molar-refractivity contribution is -0.984. The van der Waals surface area contributed by atoms with Gasteiger partial charge in [-0.3, -0.25) is 4.79 Å². The van der Waals surface area contributed by atoms with Crippen molar-refractivity contribution in [2.75, 3.05) is 0 Å². The van der Waals surface area contributed by atoms with Crippen LogP contribution in [-0.2, 0) is 0 Å². The largest absolute Gasteiger partial charge is 0.349 e. The fourth-order valence-corrected chi connectivity index (χ4v) is 5.66. The molecular weight excluding hydrogens is 315 g/mol. The molecule has 1 aromatic carbocycles. The molecule has 2 heterocycles. The third-order valence-electron chi connectivity index (χ3n) is 6.70. The van der Waals surface area contributed by atoms with Crippen molar-refractivity contribution in [2.45, 2.75) is 88.4 Å². The van der Waals surface area contributed by atoms with E-state index in [-0.39, 0.29) is 17.8 Å². The number of nitrogens with one attached hydrogen (secondary N) is 2. The minimum absolute atomic E-state index is 0.0517. The molecule has 2 bridgehead atoms. The minimum Gasteiger partial charge on any atom is -0.349 e. The molecule has 0 radical (unpaired) electrons. The van der Waals surface area contributed by atoms with Gasteiger partial charge in [-0.2, -0.15) is 0 Å². The molecule has 3 nitrogen and oxygen atoms in total. The maximum Gasteiger partial charge on any atom is 0.251 e. The summed E-state index contributed by atoms with van der Waals surface area (Å²) < 4.78 is 13.0. The number of carbonyl (C=O) groups excluding carboxylic acids is 1. The second-order valence-electron chi connectivity index (χ2n) is 8.31. The highest BCUT2D eigenvalue weighted by molar-refractivity contribution is 5.94. The number of halogens is 1. The van der Waals surface area contributed by atoms with Crippen LogP contribution in [0.4, 0.5) is 4.39 Å². The van der Waals surface area contributed by atoms with E-state index >= 15 is 0 Å². The molecule has 136 valence electrons. The lowest BCUT2D eigenvalue weighted by atomic mass is 9.78. The number of hydrogen-bond acceptors (Lipinski definition) is 1. The third-order valence-corrected chi connectivity index (χ3v) is 6.70. The van der Waals surface area contributed by atoms with Gasteiger partial charge < -0.3 is 10.2 Å². The van der Waals surface area contributed by atoms with Gasteiger partial charge in [-0.25, -0.2) is 4.39 Å². The topological polar surface area (TPSA) is 33.5 Å². The molecule has 2 atom stereocenters. The van der Waals surface area contributed by atoms with E-state index in [1.165, 1.54) is 63.5 Å². The fourth-order valence-electron chi connectivity index (χ4n) is 5.66. The Bertz CT molecular complexity index is 582. The van der Waals surface area contributed by atoms with Gasteiger partial charge in [0.15, 0.2) is 0 Å². The first-order valence-electron chi connectivity index (χ1n) is 10.1. The average molecular weight is 345 g/mol. The molecule has 2 aliphatic heterocycles. The number of hydrogen-bond donors (Lipinski definition) is 2. The average Bonchev–Trinajstić information content (AvgIpc) is 2.62. The van der Waals surface area contributed by atoms with Gasteiger partial charge in [-0.1, -0.05) is 6.42 Å². The van der Waals surface area contributed by atoms with Gasteiger partial charge in [0.25, 0.3) is 5.91 Å². The van der Waals surface area contributed by atoms with Crippen LogP contribution in [0.5, 0.6) is 0 Å². The monoisotopic (exact) mass is 345 g/mol. The molecule has 25 heavy (non-hydrogen) atoms. The quantitative estimate of drug-likeness (QED) is 0.868. The zero-order valence-electron chi connectivity index (χ0n) is 15.0. The number of rotatable bonds is 3. The normalized spacial score (nSPS) is 33.0. The number of benzene rings is 1. The first-order chi connectivity index (χ1) is 12.2. The van der Waals surface area contributed by atoms with Crippen LogP contribution in [0.1, 0.15) is 74.6 Å². The van der Waals surface area contributed by atoms with E-state index in [4.69, 9.17) is 0 Å². The minimum atomic E-state index is -0.296. The lowest BCUT2D eigenvalue weighted by Gasteiger charge is -2.50. The molecule has 0 aromatic heterocycles. The Morgan fingerprint density at radius 1 is 0.880 bits per heavy atom. The van der Waals surface area contributed by atoms with Gasteiger partial charge in [0.1, 0.15) is 5.82 Å². The number of fused-ring (bicyclic) bond motifs is 2. The highest BCUT2D eigenvalue weighted by Crippen LogP contribution is 2.26. The van der Waals surface area contributed by atoms with E-state index < -0.39 is 0 Å². The maximum absolute atomic E-state index is 13.0. The van der Waals surface area contributed by atoms with Gasteiger partial charge in [-0.15, -0.1) is 0 Å². The molecule has 0 unspecified atom stereocenters. The second kappa shape index (κ2) is 7.45. The van der Waals surface area contributed by atoms with Gasteiger partial charge in [0, 0.05) is 24.4 Å². The number of piperidine rings is 2. The highest BCUT2D eigenvalue weighted by Gasteiger charge is 2.45. The summed E-state index contributed by atoms with van der Waals surface area (Å²) in [7, 11) is 0. The third kappa shape index (κ3) is 3.74. The Hall–Kier alpha value is -1.42. The van der Waals surface area contributed by atoms with Crippen molar-refractivity contribution in [3.05, 3.63) is 35.6 Å². The number of carbonyl (C=O) groups is 1. The van der Waals surface area contributed by atoms with Crippen LogP contribution >= 0.6 is 0 Å². The summed E-state index contributed by atoms with van der Waals surface area (Å²) in [6, 6.07) is 8.45. The van der Waals surface area contributed by atoms with Gasteiger partial charge >= 0.3 is 0 Å². The summed E-state index contributed by atoms with van der Waals surface area (Å²) in [6.45, 7) is 0. The Labute approximate surface area is 150 Å². The van der Waals surface area contributed by atoms with Gasteiger partial charge in [0.2, 0.25) is 0 Å². The zero-order chi connectivity index (χ0) is 17.2. The van der Waals surface area contributed by atoms with Crippen LogP contribution in [0, 0.1) is 5.82 Å². The molecular formula is C21H30FN2O+. The van der Waals surface area contributed by atoms with E-state index in [1.807, 2.05) is 4.90 Å². The molecule has 3 aliphatic rings. The Morgan fingerprint density at radius 3 is 2.12 bits per heavy atom. The Morgan fingerprint density at radius 2 is 1.48 bits per heavy atom. The summed E-state index contributed by atoms with van der Waals surface area (Å²) in [5, 5.41) is 3.23. The van der Waals surface area contributed by atoms with Crippen LogP contribution in [0.25, 0.3) is 0 Å². The van der Waals surface area contributed by atoms with Crippen molar-refractivity contribution in [1.82, 2.24) is 5.32 Å². The van der Waals surface area contributed by atoms with Crippen molar-refractivity contribution in [3.63, 3.8) is 0 Å². The molecule has 3 fully saturated rings. The Balaban J connectivity index is 1.40. The summed E-state index contributed by atoms with van der Waals surface area (Å²) in [4.78, 5) is 14.4. The predicted molar refractivity (Wildman–Crippen MR) is 96.2 cm³/mol. The summed E-state index contributed by atoms with van der Waals surface area (Å²) in [5.74, 6) is -0.348. The van der Waals surface area contributed by atoms with E-state index in [0.29, 0.717) is 17.6 Å². The summed E-state index contributed by atoms with van der Waals surface area (Å²) in [6.07, 6.45) is 13.2. The predicted octanol–water partition coefficient (Wildman–Crippen LogP) is 2.86. The zero-order valence-corrected chi connectivity index (χ0v) is 15.0. The first-order valence-corrected chi connectivity index (χ1v) is 10.1. The van der Waals surface area contributed by atoms with Crippen molar-refractivity contribution >= 4 is 5.91 Å². The van der Waals surface area contributed by atoms with E-state index in [9.17, 15) is 9.18 Å². The summed E-state index contributed by atoms with van der Waals surface area (Å²) >= 11 is 0. The van der Waals surface area contributed by atoms with Crippen molar-refractivity contribution in [3.8, 4) is 0 Å². The van der Waals surface area contributed by atoms with E-state index in [0.717, 1.165) is 18.9 Å². The molecule has 4 rings (SSSR count). The molecule has 2 N–H and O–H groups in total. The van der Waals surface area contributed by atoms with E-state index in [1.54, 1.807) is 12.1 Å². The standard InChI is InChI=1S/C21H29FN2O/c22-16-11-9-15(10-12-16)21(25)23-17-13-19-7-4-8-20(14-17)24(19)18-5-2-1-3-6-18/h9-12,17-20H,1-8,13-14H2,(H,23,25)/p+1/t19-,20-/m1/s1. The number of quaternary nitrogens is 1. The molecule has 2 saturated heterocycles. The molecule has 0 spiro atoms. The van der Waals surface area contributed by atoms with Crippen molar-refractivity contribution in [2.24, 2.45) is 0 Å². The second-order valence-corrected chi connectivity index (χ2v) is 8.31. The van der Waals surface area contributed by atoms with Crippen LogP contribution < -0.4 is 10.2 Å². The highest BCUT2D eigenvalue weighted by atomic mass is 19.1. The maximum atomic E-state index is 13.0. The molecule has 1 amide bonds. The van der Waals surface area contributed by atoms with Crippen LogP contribution in [0.2, 0.25) is 0 Å².